The minimum atomic E-state index is -2.72. The molecule has 0 aliphatic rings. The second kappa shape index (κ2) is 6.00. The van der Waals surface area contributed by atoms with E-state index >= 15 is 0 Å². The monoisotopic (exact) mass is 242 g/mol. The van der Waals surface area contributed by atoms with Crippen LogP contribution in [0.25, 0.3) is 0 Å². The van der Waals surface area contributed by atoms with Gasteiger partial charge in [0, 0.05) is 11.1 Å². The molecule has 0 rings (SSSR count). The van der Waals surface area contributed by atoms with Crippen LogP contribution in [-0.2, 0) is 9.84 Å². The SMILES string of the molecule is CCS(=O)(=O)CCCCCBr. The van der Waals surface area contributed by atoms with Crippen LogP contribution in [0.4, 0.5) is 0 Å². The fourth-order valence-corrected chi connectivity index (χ4v) is 2.07. The van der Waals surface area contributed by atoms with Gasteiger partial charge in [0.05, 0.1) is 5.75 Å². The molecule has 0 aromatic carbocycles. The standard InChI is InChI=1S/C7H15BrO2S/c1-2-11(9,10)7-5-3-4-6-8/h2-7H2,1H3. The Bertz CT molecular complexity index is 175. The van der Waals surface area contributed by atoms with Gasteiger partial charge in [-0.15, -0.1) is 0 Å². The normalized spacial score (nSPS) is 11.8. The molecule has 0 amide bonds. The lowest BCUT2D eigenvalue weighted by Crippen LogP contribution is -2.08. The highest BCUT2D eigenvalue weighted by atomic mass is 79.9. The Balaban J connectivity index is 3.39. The molecule has 0 heterocycles. The van der Waals surface area contributed by atoms with Gasteiger partial charge in [-0.3, -0.25) is 0 Å². The lowest BCUT2D eigenvalue weighted by Gasteiger charge is -1.99. The number of rotatable bonds is 6. The fraction of sp³-hybridized carbons (Fsp3) is 1.00. The number of hydrogen-bond donors (Lipinski definition) is 0. The smallest absolute Gasteiger partial charge is 0.150 e. The third-order valence-corrected chi connectivity index (χ3v) is 3.88. The molecule has 11 heavy (non-hydrogen) atoms. The van der Waals surface area contributed by atoms with Crippen LogP contribution in [0.5, 0.6) is 0 Å². The minimum Gasteiger partial charge on any atom is -0.229 e. The van der Waals surface area contributed by atoms with E-state index in [0.29, 0.717) is 5.75 Å². The Morgan fingerprint density at radius 1 is 1.18 bits per heavy atom. The van der Waals surface area contributed by atoms with Crippen molar-refractivity contribution in [3.63, 3.8) is 0 Å². The van der Waals surface area contributed by atoms with Crippen molar-refractivity contribution in [3.8, 4) is 0 Å². The zero-order chi connectivity index (χ0) is 8.74. The molecule has 0 unspecified atom stereocenters. The summed E-state index contributed by atoms with van der Waals surface area (Å²) in [5, 5.41) is 0.971. The first kappa shape index (κ1) is 11.4. The van der Waals surface area contributed by atoms with Crippen LogP contribution in [0.1, 0.15) is 26.2 Å². The maximum Gasteiger partial charge on any atom is 0.150 e. The Labute approximate surface area is 77.4 Å². The van der Waals surface area contributed by atoms with Gasteiger partial charge in [-0.05, 0) is 12.8 Å². The maximum absolute atomic E-state index is 11.0. The maximum atomic E-state index is 11.0. The van der Waals surface area contributed by atoms with E-state index in [1.165, 1.54) is 0 Å². The van der Waals surface area contributed by atoms with E-state index in [9.17, 15) is 8.42 Å². The molecule has 0 aromatic heterocycles. The van der Waals surface area contributed by atoms with Crippen molar-refractivity contribution < 1.29 is 8.42 Å². The van der Waals surface area contributed by atoms with Gasteiger partial charge < -0.3 is 0 Å². The van der Waals surface area contributed by atoms with Crippen molar-refractivity contribution in [2.45, 2.75) is 26.2 Å². The second-order valence-corrected chi connectivity index (χ2v) is 5.75. The van der Waals surface area contributed by atoms with E-state index < -0.39 is 9.84 Å². The van der Waals surface area contributed by atoms with Gasteiger partial charge in [-0.2, -0.15) is 0 Å². The summed E-state index contributed by atoms with van der Waals surface area (Å²) in [6.07, 6.45) is 2.88. The third kappa shape index (κ3) is 6.81. The van der Waals surface area contributed by atoms with Crippen molar-refractivity contribution in [1.29, 1.82) is 0 Å². The highest BCUT2D eigenvalue weighted by Gasteiger charge is 2.05. The zero-order valence-electron chi connectivity index (χ0n) is 6.85. The Morgan fingerprint density at radius 2 is 1.82 bits per heavy atom. The summed E-state index contributed by atoms with van der Waals surface area (Å²) in [6.45, 7) is 1.69. The number of alkyl halides is 1. The van der Waals surface area contributed by atoms with Crippen LogP contribution in [0.2, 0.25) is 0 Å². The summed E-state index contributed by atoms with van der Waals surface area (Å²) < 4.78 is 21.9. The molecule has 0 saturated heterocycles. The van der Waals surface area contributed by atoms with E-state index in [1.54, 1.807) is 6.92 Å². The van der Waals surface area contributed by atoms with Gasteiger partial charge in [-0.25, -0.2) is 8.42 Å². The van der Waals surface area contributed by atoms with Gasteiger partial charge >= 0.3 is 0 Å². The molecule has 0 N–H and O–H groups in total. The van der Waals surface area contributed by atoms with E-state index in [2.05, 4.69) is 15.9 Å². The van der Waals surface area contributed by atoms with Crippen molar-refractivity contribution in [2.24, 2.45) is 0 Å². The predicted octanol–water partition coefficient (Wildman–Crippen LogP) is 1.99. The summed E-state index contributed by atoms with van der Waals surface area (Å²) in [4.78, 5) is 0. The first-order valence-electron chi connectivity index (χ1n) is 3.89. The second-order valence-electron chi connectivity index (χ2n) is 2.49. The molecular weight excluding hydrogens is 228 g/mol. The van der Waals surface area contributed by atoms with Crippen LogP contribution in [0.15, 0.2) is 0 Å². The van der Waals surface area contributed by atoms with Gasteiger partial charge in [0.1, 0.15) is 9.84 Å². The third-order valence-electron chi connectivity index (χ3n) is 1.53. The van der Waals surface area contributed by atoms with Crippen molar-refractivity contribution in [3.05, 3.63) is 0 Å². The molecule has 0 aliphatic carbocycles. The topological polar surface area (TPSA) is 34.1 Å². The summed E-state index contributed by atoms with van der Waals surface area (Å²) in [7, 11) is -2.72. The molecule has 0 aromatic rings. The van der Waals surface area contributed by atoms with Crippen LogP contribution in [0, 0.1) is 0 Å². The molecular formula is C7H15BrO2S. The highest BCUT2D eigenvalue weighted by molar-refractivity contribution is 9.09. The van der Waals surface area contributed by atoms with Crippen molar-refractivity contribution in [2.75, 3.05) is 16.8 Å². The van der Waals surface area contributed by atoms with Gasteiger partial charge in [0.2, 0.25) is 0 Å². The number of unbranched alkanes of at least 4 members (excludes halogenated alkanes) is 2. The van der Waals surface area contributed by atoms with Crippen LogP contribution >= 0.6 is 15.9 Å². The summed E-state index contributed by atoms with van der Waals surface area (Å²) >= 11 is 3.30. The largest absolute Gasteiger partial charge is 0.229 e. The molecule has 0 spiro atoms. The van der Waals surface area contributed by atoms with E-state index in [1.807, 2.05) is 0 Å². The van der Waals surface area contributed by atoms with E-state index in [0.717, 1.165) is 24.6 Å². The molecule has 0 saturated carbocycles. The molecule has 0 aliphatic heterocycles. The van der Waals surface area contributed by atoms with Gasteiger partial charge in [-0.1, -0.05) is 29.3 Å². The molecule has 0 atom stereocenters. The number of halogens is 1. The van der Waals surface area contributed by atoms with Crippen LogP contribution in [-0.4, -0.2) is 25.3 Å². The van der Waals surface area contributed by atoms with Gasteiger partial charge in [0.25, 0.3) is 0 Å². The first-order chi connectivity index (χ1) is 5.12. The Hall–Kier alpha value is 0.430. The minimum absolute atomic E-state index is 0.279. The molecule has 4 heteroatoms. The van der Waals surface area contributed by atoms with Gasteiger partial charge in [0.15, 0.2) is 0 Å². The summed E-state index contributed by atoms with van der Waals surface area (Å²) in [5.41, 5.74) is 0. The van der Waals surface area contributed by atoms with Crippen LogP contribution in [0.3, 0.4) is 0 Å². The molecule has 0 bridgehead atoms. The van der Waals surface area contributed by atoms with E-state index in [-0.39, 0.29) is 5.75 Å². The first-order valence-corrected chi connectivity index (χ1v) is 6.83. The van der Waals surface area contributed by atoms with Crippen LogP contribution < -0.4 is 0 Å². The summed E-state index contributed by atoms with van der Waals surface area (Å²) in [6, 6.07) is 0. The highest BCUT2D eigenvalue weighted by Crippen LogP contribution is 2.01. The average Bonchev–Trinajstić information content (AvgIpc) is 1.99. The summed E-state index contributed by atoms with van der Waals surface area (Å²) in [5.74, 6) is 0.637. The predicted molar refractivity (Wildman–Crippen MR) is 52.0 cm³/mol. The van der Waals surface area contributed by atoms with Crippen molar-refractivity contribution in [1.82, 2.24) is 0 Å². The van der Waals surface area contributed by atoms with Crippen molar-refractivity contribution >= 4 is 25.8 Å². The van der Waals surface area contributed by atoms with E-state index in [4.69, 9.17) is 0 Å². The number of sulfone groups is 1. The Kier molecular flexibility index (Phi) is 6.24. The fourth-order valence-electron chi connectivity index (χ4n) is 0.738. The molecule has 0 radical (unpaired) electrons. The molecule has 0 fully saturated rings. The quantitative estimate of drug-likeness (QED) is 0.528. The lowest BCUT2D eigenvalue weighted by atomic mass is 10.3. The average molecular weight is 243 g/mol. The number of hydrogen-bond acceptors (Lipinski definition) is 2. The molecule has 2 nitrogen and oxygen atoms in total. The zero-order valence-corrected chi connectivity index (χ0v) is 9.25. The lowest BCUT2D eigenvalue weighted by molar-refractivity contribution is 0.592. The molecule has 68 valence electrons. The Morgan fingerprint density at radius 3 is 2.27 bits per heavy atom.